The highest BCUT2D eigenvalue weighted by molar-refractivity contribution is 6.11. The summed E-state index contributed by atoms with van der Waals surface area (Å²) >= 11 is 0. The van der Waals surface area contributed by atoms with Crippen molar-refractivity contribution >= 4 is 34.4 Å². The summed E-state index contributed by atoms with van der Waals surface area (Å²) in [5.74, 6) is -0.0670. The SMILES string of the molecule is Cc1ccc(O)c(C)c1-n1c(N)c(C(N)=O)c2cnc(Nc3ccccc3)nc21. The number of nitrogens with one attached hydrogen (secondary N) is 1. The van der Waals surface area contributed by atoms with E-state index in [-0.39, 0.29) is 17.1 Å². The molecular formula is C21H20N6O2. The number of nitrogens with zero attached hydrogens (tertiary/aromatic N) is 3. The van der Waals surface area contributed by atoms with Gasteiger partial charge in [0.25, 0.3) is 5.91 Å². The van der Waals surface area contributed by atoms with Crippen molar-refractivity contribution in [3.05, 3.63) is 65.4 Å². The van der Waals surface area contributed by atoms with E-state index in [0.717, 1.165) is 11.3 Å². The van der Waals surface area contributed by atoms with Crippen LogP contribution < -0.4 is 16.8 Å². The van der Waals surface area contributed by atoms with Gasteiger partial charge in [-0.15, -0.1) is 0 Å². The average molecular weight is 388 g/mol. The van der Waals surface area contributed by atoms with Crippen LogP contribution in [-0.4, -0.2) is 25.5 Å². The van der Waals surface area contributed by atoms with Crippen LogP contribution in [0.5, 0.6) is 5.75 Å². The third kappa shape index (κ3) is 3.00. The molecule has 4 rings (SSSR count). The van der Waals surface area contributed by atoms with Crippen molar-refractivity contribution in [3.8, 4) is 11.4 Å². The maximum Gasteiger partial charge on any atom is 0.253 e. The zero-order chi connectivity index (χ0) is 20.7. The van der Waals surface area contributed by atoms with Crippen molar-refractivity contribution in [2.45, 2.75) is 13.8 Å². The molecule has 0 spiro atoms. The van der Waals surface area contributed by atoms with E-state index in [2.05, 4.69) is 15.3 Å². The highest BCUT2D eigenvalue weighted by Crippen LogP contribution is 2.35. The van der Waals surface area contributed by atoms with Gasteiger partial charge in [0.1, 0.15) is 11.6 Å². The standard InChI is InChI=1S/C21H20N6O2/c1-11-8-9-15(28)12(2)17(11)27-18(22)16(19(23)29)14-10-24-21(26-20(14)27)25-13-6-4-3-5-7-13/h3-10,28H,22H2,1-2H3,(H2,23,29)(H,24,25,26). The number of phenols is 1. The third-order valence-electron chi connectivity index (χ3n) is 4.85. The number of nitrogen functional groups attached to an aromatic ring is 1. The van der Waals surface area contributed by atoms with E-state index in [9.17, 15) is 9.90 Å². The first kappa shape index (κ1) is 18.3. The number of fused-ring (bicyclic) bond motifs is 1. The molecule has 29 heavy (non-hydrogen) atoms. The number of aromatic hydroxyl groups is 1. The maximum atomic E-state index is 12.1. The zero-order valence-corrected chi connectivity index (χ0v) is 16.0. The molecule has 0 saturated heterocycles. The predicted molar refractivity (Wildman–Crippen MR) is 113 cm³/mol. The van der Waals surface area contributed by atoms with Crippen LogP contribution in [0, 0.1) is 13.8 Å². The molecule has 8 nitrogen and oxygen atoms in total. The predicted octanol–water partition coefficient (Wildman–Crippen LogP) is 3.17. The number of hydrogen-bond donors (Lipinski definition) is 4. The van der Waals surface area contributed by atoms with Crippen molar-refractivity contribution in [2.75, 3.05) is 11.1 Å². The number of aromatic nitrogens is 3. The van der Waals surface area contributed by atoms with Crippen molar-refractivity contribution in [1.29, 1.82) is 0 Å². The molecule has 2 heterocycles. The van der Waals surface area contributed by atoms with Crippen LogP contribution in [0.3, 0.4) is 0 Å². The molecule has 8 heteroatoms. The Morgan fingerprint density at radius 1 is 1.14 bits per heavy atom. The van der Waals surface area contributed by atoms with Crippen LogP contribution in [-0.2, 0) is 0 Å². The summed E-state index contributed by atoms with van der Waals surface area (Å²) in [7, 11) is 0. The summed E-state index contributed by atoms with van der Waals surface area (Å²) in [5.41, 5.74) is 15.4. The van der Waals surface area contributed by atoms with E-state index in [0.29, 0.717) is 28.2 Å². The molecular weight excluding hydrogens is 368 g/mol. The quantitative estimate of drug-likeness (QED) is 0.424. The number of anilines is 3. The van der Waals surface area contributed by atoms with E-state index >= 15 is 0 Å². The summed E-state index contributed by atoms with van der Waals surface area (Å²) in [4.78, 5) is 21.0. The maximum absolute atomic E-state index is 12.1. The second-order valence-corrected chi connectivity index (χ2v) is 6.76. The molecule has 0 saturated carbocycles. The number of rotatable bonds is 4. The molecule has 6 N–H and O–H groups in total. The normalized spacial score (nSPS) is 11.0. The Bertz CT molecular complexity index is 1250. The number of carbonyl (C=O) groups is 1. The second kappa shape index (κ2) is 6.83. The van der Waals surface area contributed by atoms with Gasteiger partial charge in [0.05, 0.1) is 16.6 Å². The fraction of sp³-hybridized carbons (Fsp3) is 0.0952. The number of phenolic OH excluding ortho intramolecular Hbond substituents is 1. The van der Waals surface area contributed by atoms with Crippen LogP contribution in [0.15, 0.2) is 48.7 Å². The molecule has 2 aromatic heterocycles. The number of amides is 1. The lowest BCUT2D eigenvalue weighted by atomic mass is 10.1. The minimum atomic E-state index is -0.672. The first-order valence-electron chi connectivity index (χ1n) is 8.96. The molecule has 0 unspecified atom stereocenters. The summed E-state index contributed by atoms with van der Waals surface area (Å²) in [5, 5.41) is 13.8. The Kier molecular flexibility index (Phi) is 4.31. The molecule has 0 aliphatic carbocycles. The van der Waals surface area contributed by atoms with E-state index < -0.39 is 5.91 Å². The van der Waals surface area contributed by atoms with E-state index in [1.165, 1.54) is 6.20 Å². The molecule has 0 radical (unpaired) electrons. The number of aryl methyl sites for hydroxylation is 1. The monoisotopic (exact) mass is 388 g/mol. The number of carbonyl (C=O) groups excluding carboxylic acids is 1. The van der Waals surface area contributed by atoms with Gasteiger partial charge in [-0.1, -0.05) is 24.3 Å². The Morgan fingerprint density at radius 3 is 2.55 bits per heavy atom. The molecule has 2 aromatic carbocycles. The van der Waals surface area contributed by atoms with Gasteiger partial charge in [0.15, 0.2) is 5.65 Å². The minimum absolute atomic E-state index is 0.115. The number of nitrogens with two attached hydrogens (primary N) is 2. The van der Waals surface area contributed by atoms with Crippen molar-refractivity contribution in [2.24, 2.45) is 5.73 Å². The molecule has 0 aliphatic heterocycles. The van der Waals surface area contributed by atoms with Crippen LogP contribution in [0.4, 0.5) is 17.5 Å². The third-order valence-corrected chi connectivity index (χ3v) is 4.85. The van der Waals surface area contributed by atoms with E-state index in [4.69, 9.17) is 11.5 Å². The number of para-hydroxylation sites is 1. The molecule has 0 fully saturated rings. The minimum Gasteiger partial charge on any atom is -0.508 e. The first-order chi connectivity index (χ1) is 13.9. The summed E-state index contributed by atoms with van der Waals surface area (Å²) < 4.78 is 1.64. The van der Waals surface area contributed by atoms with E-state index in [1.54, 1.807) is 23.6 Å². The smallest absolute Gasteiger partial charge is 0.253 e. The lowest BCUT2D eigenvalue weighted by Crippen LogP contribution is -2.14. The summed E-state index contributed by atoms with van der Waals surface area (Å²) in [6.45, 7) is 3.67. The zero-order valence-electron chi connectivity index (χ0n) is 16.0. The van der Waals surface area contributed by atoms with Gasteiger partial charge in [0, 0.05) is 17.4 Å². The van der Waals surface area contributed by atoms with Crippen LogP contribution in [0.2, 0.25) is 0 Å². The topological polar surface area (TPSA) is 132 Å². The molecule has 0 atom stereocenters. The van der Waals surface area contributed by atoms with Gasteiger partial charge in [-0.05, 0) is 37.6 Å². The fourth-order valence-corrected chi connectivity index (χ4v) is 3.45. The van der Waals surface area contributed by atoms with Gasteiger partial charge in [0.2, 0.25) is 5.95 Å². The molecule has 1 amide bonds. The fourth-order valence-electron chi connectivity index (χ4n) is 3.45. The van der Waals surface area contributed by atoms with Gasteiger partial charge in [-0.2, -0.15) is 4.98 Å². The molecule has 0 bridgehead atoms. The van der Waals surface area contributed by atoms with Gasteiger partial charge in [-0.25, -0.2) is 4.98 Å². The Labute approximate surface area is 166 Å². The Hall–Kier alpha value is -4.07. The molecule has 4 aromatic rings. The van der Waals surface area contributed by atoms with Crippen LogP contribution >= 0.6 is 0 Å². The summed E-state index contributed by atoms with van der Waals surface area (Å²) in [6, 6.07) is 12.9. The lowest BCUT2D eigenvalue weighted by Gasteiger charge is -2.15. The number of hydrogen-bond acceptors (Lipinski definition) is 6. The van der Waals surface area contributed by atoms with E-state index in [1.807, 2.05) is 37.3 Å². The number of primary amides is 1. The largest absolute Gasteiger partial charge is 0.508 e. The molecule has 146 valence electrons. The average Bonchev–Trinajstić information content (AvgIpc) is 2.98. The Balaban J connectivity index is 2.00. The van der Waals surface area contributed by atoms with Crippen molar-refractivity contribution in [3.63, 3.8) is 0 Å². The highest BCUT2D eigenvalue weighted by atomic mass is 16.3. The van der Waals surface area contributed by atoms with Gasteiger partial charge >= 0.3 is 0 Å². The van der Waals surface area contributed by atoms with Gasteiger partial charge < -0.3 is 21.9 Å². The van der Waals surface area contributed by atoms with Crippen LogP contribution in [0.1, 0.15) is 21.5 Å². The highest BCUT2D eigenvalue weighted by Gasteiger charge is 2.24. The van der Waals surface area contributed by atoms with Gasteiger partial charge in [-0.3, -0.25) is 9.36 Å². The second-order valence-electron chi connectivity index (χ2n) is 6.76. The Morgan fingerprint density at radius 2 is 1.86 bits per heavy atom. The molecule has 0 aliphatic rings. The lowest BCUT2D eigenvalue weighted by molar-refractivity contribution is 0.100. The van der Waals surface area contributed by atoms with Crippen LogP contribution in [0.25, 0.3) is 16.7 Å². The van der Waals surface area contributed by atoms with Crippen molar-refractivity contribution in [1.82, 2.24) is 14.5 Å². The first-order valence-corrected chi connectivity index (χ1v) is 8.96. The number of benzene rings is 2. The van der Waals surface area contributed by atoms with Crippen molar-refractivity contribution < 1.29 is 9.90 Å². The summed E-state index contributed by atoms with van der Waals surface area (Å²) in [6.07, 6.45) is 1.52.